The Labute approximate surface area is 125 Å². The molecule has 1 amide bonds. The van der Waals surface area contributed by atoms with Crippen LogP contribution in [-0.2, 0) is 11.3 Å². The van der Waals surface area contributed by atoms with Gasteiger partial charge in [0.1, 0.15) is 5.82 Å². The minimum atomic E-state index is -0.251. The van der Waals surface area contributed by atoms with E-state index in [0.29, 0.717) is 19.1 Å². The number of likely N-dealkylation sites (N-methyl/N-ethyl adjacent to an activating group) is 2. The van der Waals surface area contributed by atoms with E-state index in [2.05, 4.69) is 10.2 Å². The standard InChI is InChI=1S/C16H24FN3O/c1-18-15-4-3-9-20(11-15)12-16(21)19(2)10-13-5-7-14(17)8-6-13/h5-8,15,18H,3-4,9-12H2,1-2H3. The Morgan fingerprint density at radius 2 is 2.14 bits per heavy atom. The van der Waals surface area contributed by atoms with E-state index in [-0.39, 0.29) is 11.7 Å². The fraction of sp³-hybridized carbons (Fsp3) is 0.562. The lowest BCUT2D eigenvalue weighted by atomic mass is 10.1. The smallest absolute Gasteiger partial charge is 0.236 e. The van der Waals surface area contributed by atoms with Crippen molar-refractivity contribution in [3.8, 4) is 0 Å². The molecule has 1 aliphatic heterocycles. The molecule has 0 spiro atoms. The number of carbonyl (C=O) groups is 1. The summed E-state index contributed by atoms with van der Waals surface area (Å²) in [6.45, 7) is 2.87. The Bertz CT molecular complexity index is 463. The zero-order valence-corrected chi connectivity index (χ0v) is 12.8. The van der Waals surface area contributed by atoms with Gasteiger partial charge in [-0.15, -0.1) is 0 Å². The summed E-state index contributed by atoms with van der Waals surface area (Å²) < 4.78 is 12.9. The molecule has 1 heterocycles. The molecule has 21 heavy (non-hydrogen) atoms. The molecule has 0 radical (unpaired) electrons. The number of piperidine rings is 1. The molecule has 1 saturated heterocycles. The maximum absolute atomic E-state index is 12.9. The largest absolute Gasteiger partial charge is 0.340 e. The lowest BCUT2D eigenvalue weighted by Crippen LogP contribution is -2.48. The van der Waals surface area contributed by atoms with Gasteiger partial charge in [-0.3, -0.25) is 9.69 Å². The number of nitrogens with one attached hydrogen (secondary N) is 1. The summed E-state index contributed by atoms with van der Waals surface area (Å²) in [4.78, 5) is 16.2. The molecule has 116 valence electrons. The average molecular weight is 293 g/mol. The molecule has 4 nitrogen and oxygen atoms in total. The summed E-state index contributed by atoms with van der Waals surface area (Å²) in [5.41, 5.74) is 0.944. The molecule has 1 atom stereocenters. The fourth-order valence-electron chi connectivity index (χ4n) is 2.70. The Morgan fingerprint density at radius 3 is 2.81 bits per heavy atom. The number of benzene rings is 1. The van der Waals surface area contributed by atoms with Gasteiger partial charge in [-0.05, 0) is 44.1 Å². The normalized spacial score (nSPS) is 19.5. The van der Waals surface area contributed by atoms with Gasteiger partial charge in [0.05, 0.1) is 6.54 Å². The highest BCUT2D eigenvalue weighted by atomic mass is 19.1. The molecule has 5 heteroatoms. The molecule has 0 bridgehead atoms. The second-order valence-corrected chi connectivity index (χ2v) is 5.74. The quantitative estimate of drug-likeness (QED) is 0.893. The van der Waals surface area contributed by atoms with E-state index in [4.69, 9.17) is 0 Å². The monoisotopic (exact) mass is 293 g/mol. The molecule has 1 aromatic rings. The van der Waals surface area contributed by atoms with E-state index >= 15 is 0 Å². The first-order chi connectivity index (χ1) is 10.1. The van der Waals surface area contributed by atoms with E-state index in [9.17, 15) is 9.18 Å². The second kappa shape index (κ2) is 7.52. The van der Waals surface area contributed by atoms with Crippen LogP contribution in [-0.4, -0.2) is 55.5 Å². The van der Waals surface area contributed by atoms with Crippen LogP contribution in [0.15, 0.2) is 24.3 Å². The van der Waals surface area contributed by atoms with Crippen molar-refractivity contribution in [3.05, 3.63) is 35.6 Å². The Hall–Kier alpha value is -1.46. The van der Waals surface area contributed by atoms with Crippen LogP contribution in [0.25, 0.3) is 0 Å². The molecule has 0 aromatic heterocycles. The maximum Gasteiger partial charge on any atom is 0.236 e. The molecule has 1 aliphatic rings. The van der Waals surface area contributed by atoms with Crippen molar-refractivity contribution in [3.63, 3.8) is 0 Å². The van der Waals surface area contributed by atoms with Gasteiger partial charge in [0.15, 0.2) is 0 Å². The minimum Gasteiger partial charge on any atom is -0.340 e. The van der Waals surface area contributed by atoms with Gasteiger partial charge in [0, 0.05) is 26.2 Å². The van der Waals surface area contributed by atoms with Crippen molar-refractivity contribution < 1.29 is 9.18 Å². The summed E-state index contributed by atoms with van der Waals surface area (Å²) in [5.74, 6) is -0.143. The number of amides is 1. The number of rotatable bonds is 5. The molecule has 1 N–H and O–H groups in total. The van der Waals surface area contributed by atoms with Gasteiger partial charge in [-0.25, -0.2) is 4.39 Å². The van der Waals surface area contributed by atoms with Gasteiger partial charge < -0.3 is 10.2 Å². The molecular formula is C16H24FN3O. The summed E-state index contributed by atoms with van der Waals surface area (Å²) in [7, 11) is 3.77. The topological polar surface area (TPSA) is 35.6 Å². The van der Waals surface area contributed by atoms with Gasteiger partial charge in [0.25, 0.3) is 0 Å². The number of nitrogens with zero attached hydrogens (tertiary/aromatic N) is 2. The molecule has 2 rings (SSSR count). The Morgan fingerprint density at radius 1 is 1.43 bits per heavy atom. The third-order valence-electron chi connectivity index (χ3n) is 4.03. The van der Waals surface area contributed by atoms with Gasteiger partial charge in [-0.1, -0.05) is 12.1 Å². The highest BCUT2D eigenvalue weighted by Gasteiger charge is 2.21. The summed E-state index contributed by atoms with van der Waals surface area (Å²) in [5, 5.41) is 3.28. The van der Waals surface area contributed by atoms with E-state index in [0.717, 1.165) is 25.1 Å². The summed E-state index contributed by atoms with van der Waals surface area (Å²) in [6, 6.07) is 6.77. The predicted octanol–water partition coefficient (Wildman–Crippen LogP) is 1.47. The Balaban J connectivity index is 1.83. The number of likely N-dealkylation sites (tertiary alicyclic amines) is 1. The minimum absolute atomic E-state index is 0.107. The van der Waals surface area contributed by atoms with E-state index in [1.54, 1.807) is 24.1 Å². The van der Waals surface area contributed by atoms with Crippen molar-refractivity contribution in [1.29, 1.82) is 0 Å². The van der Waals surface area contributed by atoms with Crippen LogP contribution < -0.4 is 5.32 Å². The number of carbonyl (C=O) groups excluding carboxylic acids is 1. The molecule has 0 aliphatic carbocycles. The lowest BCUT2D eigenvalue weighted by Gasteiger charge is -2.33. The van der Waals surface area contributed by atoms with Crippen LogP contribution in [0.5, 0.6) is 0 Å². The third kappa shape index (κ3) is 4.79. The van der Waals surface area contributed by atoms with Crippen molar-refractivity contribution in [2.45, 2.75) is 25.4 Å². The molecule has 0 saturated carbocycles. The molecule has 1 unspecified atom stereocenters. The Kier molecular flexibility index (Phi) is 5.70. The highest BCUT2D eigenvalue weighted by molar-refractivity contribution is 5.78. The van der Waals surface area contributed by atoms with Crippen LogP contribution in [0.2, 0.25) is 0 Å². The van der Waals surface area contributed by atoms with Crippen molar-refractivity contribution in [2.75, 3.05) is 33.7 Å². The SMILES string of the molecule is CNC1CCCN(CC(=O)N(C)Cc2ccc(F)cc2)C1. The number of hydrogen-bond acceptors (Lipinski definition) is 3. The van der Waals surface area contributed by atoms with E-state index in [1.165, 1.54) is 18.6 Å². The maximum atomic E-state index is 12.9. The van der Waals surface area contributed by atoms with Crippen molar-refractivity contribution >= 4 is 5.91 Å². The second-order valence-electron chi connectivity index (χ2n) is 5.74. The first kappa shape index (κ1) is 15.9. The van der Waals surface area contributed by atoms with Crippen molar-refractivity contribution in [2.24, 2.45) is 0 Å². The number of hydrogen-bond donors (Lipinski definition) is 1. The zero-order valence-electron chi connectivity index (χ0n) is 12.8. The predicted molar refractivity (Wildman–Crippen MR) is 81.4 cm³/mol. The van der Waals surface area contributed by atoms with Crippen LogP contribution in [0.1, 0.15) is 18.4 Å². The molecule has 1 fully saturated rings. The summed E-state index contributed by atoms with van der Waals surface area (Å²) >= 11 is 0. The van der Waals surface area contributed by atoms with Crippen LogP contribution in [0, 0.1) is 5.82 Å². The van der Waals surface area contributed by atoms with Gasteiger partial charge in [0.2, 0.25) is 5.91 Å². The molecule has 1 aromatic carbocycles. The van der Waals surface area contributed by atoms with E-state index < -0.39 is 0 Å². The first-order valence-corrected chi connectivity index (χ1v) is 7.46. The van der Waals surface area contributed by atoms with E-state index in [1.807, 2.05) is 7.05 Å². The first-order valence-electron chi connectivity index (χ1n) is 7.46. The number of halogens is 1. The fourth-order valence-corrected chi connectivity index (χ4v) is 2.70. The molecular weight excluding hydrogens is 269 g/mol. The van der Waals surface area contributed by atoms with Crippen LogP contribution >= 0.6 is 0 Å². The van der Waals surface area contributed by atoms with Gasteiger partial charge >= 0.3 is 0 Å². The average Bonchev–Trinajstić information content (AvgIpc) is 2.49. The summed E-state index contributed by atoms with van der Waals surface area (Å²) in [6.07, 6.45) is 2.30. The van der Waals surface area contributed by atoms with Crippen LogP contribution in [0.4, 0.5) is 4.39 Å². The lowest BCUT2D eigenvalue weighted by molar-refractivity contribution is -0.132. The third-order valence-corrected chi connectivity index (χ3v) is 4.03. The zero-order chi connectivity index (χ0) is 15.2. The highest BCUT2D eigenvalue weighted by Crippen LogP contribution is 2.11. The van der Waals surface area contributed by atoms with Gasteiger partial charge in [-0.2, -0.15) is 0 Å². The van der Waals surface area contributed by atoms with Crippen LogP contribution in [0.3, 0.4) is 0 Å². The van der Waals surface area contributed by atoms with Crippen molar-refractivity contribution in [1.82, 2.24) is 15.1 Å².